The minimum absolute atomic E-state index is 1.27. The highest BCUT2D eigenvalue weighted by molar-refractivity contribution is 5.20. The molecule has 100 valence electrons. The van der Waals surface area contributed by atoms with Gasteiger partial charge in [0.1, 0.15) is 0 Å². The second-order valence-corrected chi connectivity index (χ2v) is 4.95. The van der Waals surface area contributed by atoms with E-state index in [-0.39, 0.29) is 0 Å². The standard InChI is InChI=1S/C11H12.C8H12/c1-11-9-7-5-3-2-4-6-8-10-11;1-7-3-5-8(2)6-4-7/h2-10H,1H3;3,5H,4,6H2,1-2H3. The summed E-state index contributed by atoms with van der Waals surface area (Å²) in [6, 6.07) is 18.3. The normalized spacial score (nSPS) is 13.2. The second-order valence-electron chi connectivity index (χ2n) is 4.95. The Balaban J connectivity index is 0.000000200. The maximum absolute atomic E-state index is 2.21. The van der Waals surface area contributed by atoms with Crippen LogP contribution in [0.5, 0.6) is 0 Å². The number of hydrogen-bond acceptors (Lipinski definition) is 0. The summed E-state index contributed by atoms with van der Waals surface area (Å²) in [5.41, 5.74) is 4.28. The Hall–Kier alpha value is -1.82. The van der Waals surface area contributed by atoms with Gasteiger partial charge in [-0.05, 0) is 33.6 Å². The van der Waals surface area contributed by atoms with E-state index in [4.69, 9.17) is 0 Å². The minimum Gasteiger partial charge on any atom is -0.0730 e. The third-order valence-corrected chi connectivity index (χ3v) is 2.95. The van der Waals surface area contributed by atoms with E-state index in [2.05, 4.69) is 45.1 Å². The van der Waals surface area contributed by atoms with Crippen LogP contribution in [0.3, 0.4) is 0 Å². The van der Waals surface area contributed by atoms with Gasteiger partial charge in [-0.3, -0.25) is 0 Å². The van der Waals surface area contributed by atoms with Gasteiger partial charge in [0.05, 0.1) is 0 Å². The first-order valence-electron chi connectivity index (χ1n) is 6.86. The fourth-order valence-electron chi connectivity index (χ4n) is 1.64. The minimum atomic E-state index is 1.27. The molecule has 0 saturated carbocycles. The molecule has 2 rings (SSSR count). The van der Waals surface area contributed by atoms with E-state index in [1.54, 1.807) is 0 Å². The molecular formula is C19H24. The van der Waals surface area contributed by atoms with Crippen LogP contribution < -0.4 is 0 Å². The summed E-state index contributed by atoms with van der Waals surface area (Å²) in [6.07, 6.45) is 6.95. The lowest BCUT2D eigenvalue weighted by Gasteiger charge is -2.05. The summed E-state index contributed by atoms with van der Waals surface area (Å²) in [5.74, 6) is 0. The van der Waals surface area contributed by atoms with Crippen molar-refractivity contribution in [3.05, 3.63) is 83.5 Å². The molecule has 0 unspecified atom stereocenters. The summed E-state index contributed by atoms with van der Waals surface area (Å²) >= 11 is 0. The molecule has 19 heavy (non-hydrogen) atoms. The van der Waals surface area contributed by atoms with Crippen LogP contribution in [0.1, 0.15) is 32.3 Å². The third kappa shape index (κ3) is 7.99. The fraction of sp³-hybridized carbons (Fsp3) is 0.263. The van der Waals surface area contributed by atoms with E-state index in [1.807, 2.05) is 42.5 Å². The zero-order valence-corrected chi connectivity index (χ0v) is 12.3. The number of aryl methyl sites for hydroxylation is 1. The Bertz CT molecular complexity index is 448. The van der Waals surface area contributed by atoms with Crippen molar-refractivity contribution in [1.29, 1.82) is 0 Å². The van der Waals surface area contributed by atoms with Gasteiger partial charge in [-0.2, -0.15) is 0 Å². The van der Waals surface area contributed by atoms with Crippen molar-refractivity contribution in [2.24, 2.45) is 0 Å². The predicted molar refractivity (Wildman–Crippen MR) is 85.6 cm³/mol. The summed E-state index contributed by atoms with van der Waals surface area (Å²) in [5, 5.41) is 0. The predicted octanol–water partition coefficient (Wildman–Crippen LogP) is 5.79. The van der Waals surface area contributed by atoms with Crippen LogP contribution in [0.2, 0.25) is 0 Å². The van der Waals surface area contributed by atoms with Crippen LogP contribution >= 0.6 is 0 Å². The van der Waals surface area contributed by atoms with Gasteiger partial charge in [0.2, 0.25) is 0 Å². The maximum atomic E-state index is 2.21. The summed E-state index contributed by atoms with van der Waals surface area (Å²) < 4.78 is 0. The molecular weight excluding hydrogens is 228 g/mol. The van der Waals surface area contributed by atoms with Crippen LogP contribution in [0, 0.1) is 6.92 Å². The Morgan fingerprint density at radius 2 is 0.947 bits per heavy atom. The molecule has 1 aliphatic carbocycles. The van der Waals surface area contributed by atoms with Gasteiger partial charge in [0, 0.05) is 0 Å². The van der Waals surface area contributed by atoms with Crippen molar-refractivity contribution in [3.63, 3.8) is 0 Å². The van der Waals surface area contributed by atoms with Crippen LogP contribution in [0.4, 0.5) is 0 Å². The molecule has 0 amide bonds. The Morgan fingerprint density at radius 3 is 1.32 bits per heavy atom. The molecule has 0 aliphatic heterocycles. The molecule has 0 nitrogen and oxygen atoms in total. The molecule has 0 heterocycles. The molecule has 0 heteroatoms. The smallest absolute Gasteiger partial charge is 0.0283 e. The molecule has 0 aromatic heterocycles. The quantitative estimate of drug-likeness (QED) is 0.548. The van der Waals surface area contributed by atoms with E-state index in [0.29, 0.717) is 0 Å². The lowest BCUT2D eigenvalue weighted by Crippen LogP contribution is -1.85. The van der Waals surface area contributed by atoms with Gasteiger partial charge in [-0.25, -0.2) is 0 Å². The van der Waals surface area contributed by atoms with Crippen LogP contribution in [0.25, 0.3) is 0 Å². The van der Waals surface area contributed by atoms with Crippen molar-refractivity contribution in [3.8, 4) is 0 Å². The van der Waals surface area contributed by atoms with E-state index in [1.165, 1.54) is 29.6 Å². The van der Waals surface area contributed by atoms with E-state index in [0.717, 1.165) is 0 Å². The molecule has 0 saturated heterocycles. The average Bonchev–Trinajstić information content (AvgIpc) is 2.42. The lowest BCUT2D eigenvalue weighted by molar-refractivity contribution is 0.906. The van der Waals surface area contributed by atoms with Gasteiger partial charge in [-0.1, -0.05) is 83.5 Å². The highest BCUT2D eigenvalue weighted by Crippen LogP contribution is 2.15. The molecule has 0 fully saturated rings. The monoisotopic (exact) mass is 252 g/mol. The summed E-state index contributed by atoms with van der Waals surface area (Å²) in [4.78, 5) is 0. The Labute approximate surface area is 117 Å². The molecule has 1 aromatic carbocycles. The summed E-state index contributed by atoms with van der Waals surface area (Å²) in [7, 11) is 0. The van der Waals surface area contributed by atoms with Crippen molar-refractivity contribution < 1.29 is 0 Å². The fourth-order valence-corrected chi connectivity index (χ4v) is 1.64. The number of allylic oxidation sites excluding steroid dienone is 4. The Kier molecular flexibility index (Phi) is 7.34. The Morgan fingerprint density at radius 1 is 0.579 bits per heavy atom. The first kappa shape index (κ1) is 15.2. The molecule has 0 atom stereocenters. The molecule has 0 N–H and O–H groups in total. The van der Waals surface area contributed by atoms with Crippen LogP contribution in [-0.2, 0) is 0 Å². The first-order valence-corrected chi connectivity index (χ1v) is 6.86. The van der Waals surface area contributed by atoms with E-state index < -0.39 is 0 Å². The van der Waals surface area contributed by atoms with Crippen molar-refractivity contribution >= 4 is 0 Å². The maximum Gasteiger partial charge on any atom is -0.0283 e. The molecule has 0 bridgehead atoms. The first-order chi connectivity index (χ1) is 9.18. The third-order valence-electron chi connectivity index (χ3n) is 2.95. The van der Waals surface area contributed by atoms with Gasteiger partial charge >= 0.3 is 0 Å². The topological polar surface area (TPSA) is 0 Å². The number of hydrogen-bond donors (Lipinski definition) is 0. The number of rotatable bonds is 0. The SMILES string of the molecule is CC1=CC=C(C)CC1.Cc1ccccccccc1. The van der Waals surface area contributed by atoms with Gasteiger partial charge in [0.25, 0.3) is 0 Å². The molecule has 0 spiro atoms. The molecule has 0 radical (unpaired) electrons. The van der Waals surface area contributed by atoms with Crippen molar-refractivity contribution in [2.75, 3.05) is 0 Å². The molecule has 1 aliphatic rings. The van der Waals surface area contributed by atoms with Gasteiger partial charge in [0.15, 0.2) is 0 Å². The van der Waals surface area contributed by atoms with Gasteiger partial charge < -0.3 is 0 Å². The zero-order valence-electron chi connectivity index (χ0n) is 12.3. The lowest BCUT2D eigenvalue weighted by atomic mass is 10.0. The second kappa shape index (κ2) is 9.16. The van der Waals surface area contributed by atoms with Crippen LogP contribution in [0.15, 0.2) is 77.9 Å². The highest BCUT2D eigenvalue weighted by Gasteiger charge is 1.95. The van der Waals surface area contributed by atoms with E-state index >= 15 is 0 Å². The van der Waals surface area contributed by atoms with Gasteiger partial charge in [-0.15, -0.1) is 0 Å². The summed E-state index contributed by atoms with van der Waals surface area (Å²) in [6.45, 7) is 6.45. The van der Waals surface area contributed by atoms with E-state index in [9.17, 15) is 0 Å². The van der Waals surface area contributed by atoms with Crippen LogP contribution in [-0.4, -0.2) is 0 Å². The largest absolute Gasteiger partial charge is 0.0730 e. The van der Waals surface area contributed by atoms with Crippen molar-refractivity contribution in [1.82, 2.24) is 0 Å². The van der Waals surface area contributed by atoms with Crippen molar-refractivity contribution in [2.45, 2.75) is 33.6 Å². The molecule has 1 aromatic rings. The highest BCUT2D eigenvalue weighted by atomic mass is 14.0. The average molecular weight is 252 g/mol. The zero-order chi connectivity index (χ0) is 13.9.